The van der Waals surface area contributed by atoms with Crippen LogP contribution < -0.4 is 5.73 Å². The van der Waals surface area contributed by atoms with Gasteiger partial charge in [0.15, 0.2) is 0 Å². The Hall–Kier alpha value is -3.48. The van der Waals surface area contributed by atoms with Crippen molar-refractivity contribution in [1.82, 2.24) is 4.98 Å². The molecule has 12 heteroatoms. The summed E-state index contributed by atoms with van der Waals surface area (Å²) < 4.78 is 26.9. The van der Waals surface area contributed by atoms with E-state index in [0.717, 1.165) is 30.3 Å². The maximum atomic E-state index is 14.1. The molecule has 0 bridgehead atoms. The Morgan fingerprint density at radius 3 is 2.36 bits per heavy atom. The summed E-state index contributed by atoms with van der Waals surface area (Å²) in [6.07, 6.45) is 6.08. The Balaban J connectivity index is 2.78. The standard InChI is InChI=1S/C24H30N4O7S/c1-18(2)17-28(22(24(30)31)7-3-4-14-25,23(29)13-8-19-6-5-15-26-16-19)36(34,35)21-11-9-20(10-12-21)27(32)33/h5-6,8-13,15-16,18,22H,3-4,7,14,17,25H2,1-2H3/p+1/t22-,28?/m0/s1. The van der Waals surface area contributed by atoms with Gasteiger partial charge in [-0.3, -0.25) is 15.1 Å². The topological polar surface area (TPSA) is 171 Å². The molecule has 0 saturated carbocycles. The summed E-state index contributed by atoms with van der Waals surface area (Å²) in [5.41, 5.74) is 5.75. The highest BCUT2D eigenvalue weighted by atomic mass is 32.2. The number of unbranched alkanes of at least 4 members (excludes halogenated alkanes) is 1. The van der Waals surface area contributed by atoms with Gasteiger partial charge in [-0.15, -0.1) is 3.89 Å². The molecule has 0 fully saturated rings. The van der Waals surface area contributed by atoms with Crippen LogP contribution in [0.1, 0.15) is 38.7 Å². The number of benzene rings is 1. The van der Waals surface area contributed by atoms with Crippen molar-refractivity contribution in [2.75, 3.05) is 13.1 Å². The second-order valence-corrected chi connectivity index (χ2v) is 10.8. The van der Waals surface area contributed by atoms with Crippen LogP contribution in [0, 0.1) is 16.0 Å². The summed E-state index contributed by atoms with van der Waals surface area (Å²) in [6, 6.07) is 5.74. The largest absolute Gasteiger partial charge is 0.477 e. The lowest BCUT2D eigenvalue weighted by Crippen LogP contribution is -2.65. The number of quaternary nitrogens is 1. The van der Waals surface area contributed by atoms with Crippen molar-refractivity contribution in [3.05, 3.63) is 70.5 Å². The number of aliphatic carboxylic acids is 1. The molecular formula is C24H31N4O7S+. The number of non-ortho nitro benzene ring substituents is 1. The van der Waals surface area contributed by atoms with Crippen molar-refractivity contribution >= 4 is 33.7 Å². The highest BCUT2D eigenvalue weighted by Gasteiger charge is 2.57. The summed E-state index contributed by atoms with van der Waals surface area (Å²) in [5, 5.41) is 21.3. The summed E-state index contributed by atoms with van der Waals surface area (Å²) in [6.45, 7) is 3.33. The molecule has 1 unspecified atom stereocenters. The molecule has 1 heterocycles. The highest BCUT2D eigenvalue weighted by Crippen LogP contribution is 2.34. The van der Waals surface area contributed by atoms with E-state index in [0.29, 0.717) is 18.4 Å². The Labute approximate surface area is 210 Å². The summed E-state index contributed by atoms with van der Waals surface area (Å²) >= 11 is 0. The number of carboxylic acids is 1. The second kappa shape index (κ2) is 12.5. The number of carboxylic acid groups (broad SMARTS) is 1. The summed E-state index contributed by atoms with van der Waals surface area (Å²) in [5.74, 6) is -2.78. The molecule has 3 N–H and O–H groups in total. The number of rotatable bonds is 13. The maximum absolute atomic E-state index is 14.1. The Bertz CT molecular complexity index is 1200. The van der Waals surface area contributed by atoms with E-state index in [9.17, 15) is 33.2 Å². The fraction of sp³-hybridized carbons (Fsp3) is 0.375. The highest BCUT2D eigenvalue weighted by molar-refractivity contribution is 7.86. The first-order chi connectivity index (χ1) is 17.0. The number of nitro benzene ring substituents is 1. The van der Waals surface area contributed by atoms with E-state index in [1.54, 1.807) is 26.0 Å². The Kier molecular flexibility index (Phi) is 9.96. The van der Waals surface area contributed by atoms with E-state index in [-0.39, 0.29) is 30.1 Å². The molecule has 194 valence electrons. The third-order valence-corrected chi connectivity index (χ3v) is 7.92. The van der Waals surface area contributed by atoms with E-state index < -0.39 is 42.7 Å². The van der Waals surface area contributed by atoms with Crippen LogP contribution in [0.15, 0.2) is 59.8 Å². The average Bonchev–Trinajstić information content (AvgIpc) is 2.84. The van der Waals surface area contributed by atoms with Gasteiger partial charge in [-0.2, -0.15) is 8.42 Å². The smallest absolute Gasteiger partial charge is 0.364 e. The van der Waals surface area contributed by atoms with E-state index in [4.69, 9.17) is 5.73 Å². The first kappa shape index (κ1) is 28.8. The normalized spacial score (nSPS) is 14.4. The molecule has 1 amide bonds. The Morgan fingerprint density at radius 1 is 1.19 bits per heavy atom. The Morgan fingerprint density at radius 2 is 1.86 bits per heavy atom. The zero-order valence-corrected chi connectivity index (χ0v) is 21.0. The number of nitrogens with zero attached hydrogens (tertiary/aromatic N) is 3. The number of hydrogen-bond donors (Lipinski definition) is 2. The fourth-order valence-corrected chi connectivity index (χ4v) is 6.16. The molecule has 0 radical (unpaired) electrons. The zero-order chi connectivity index (χ0) is 26.9. The van der Waals surface area contributed by atoms with Gasteiger partial charge >= 0.3 is 21.9 Å². The molecule has 0 aliphatic carbocycles. The van der Waals surface area contributed by atoms with Gasteiger partial charge in [-0.05, 0) is 49.2 Å². The van der Waals surface area contributed by atoms with Crippen molar-refractivity contribution in [2.45, 2.75) is 44.0 Å². The average molecular weight is 520 g/mol. The van der Waals surface area contributed by atoms with Crippen LogP contribution in [0.4, 0.5) is 5.69 Å². The van der Waals surface area contributed by atoms with Gasteiger partial charge in [0.1, 0.15) is 11.4 Å². The molecule has 11 nitrogen and oxygen atoms in total. The van der Waals surface area contributed by atoms with Gasteiger partial charge in [0.2, 0.25) is 6.04 Å². The quantitative estimate of drug-likeness (QED) is 0.133. The first-order valence-electron chi connectivity index (χ1n) is 11.4. The number of amides is 1. The van der Waals surface area contributed by atoms with Crippen LogP contribution in [0.25, 0.3) is 6.08 Å². The third kappa shape index (κ3) is 6.39. The third-order valence-electron chi connectivity index (χ3n) is 5.61. The molecule has 2 aromatic rings. The van der Waals surface area contributed by atoms with E-state index in [1.807, 2.05) is 0 Å². The van der Waals surface area contributed by atoms with Crippen molar-refractivity contribution in [3.8, 4) is 0 Å². The lowest BCUT2D eigenvalue weighted by molar-refractivity contribution is -0.749. The van der Waals surface area contributed by atoms with Gasteiger partial charge in [0.25, 0.3) is 5.69 Å². The SMILES string of the molecule is CC(C)C[N+](C(=O)C=Cc1cccnc1)([C@@H](CCCCN)C(=O)O)S(=O)(=O)c1ccc([N+](=O)[O-])cc1. The van der Waals surface area contributed by atoms with Gasteiger partial charge in [0.05, 0.1) is 4.92 Å². The van der Waals surface area contributed by atoms with Crippen molar-refractivity contribution in [2.24, 2.45) is 11.7 Å². The molecule has 2 atom stereocenters. The molecule has 1 aromatic heterocycles. The predicted molar refractivity (Wildman–Crippen MR) is 133 cm³/mol. The van der Waals surface area contributed by atoms with Crippen molar-refractivity contribution in [1.29, 1.82) is 0 Å². The van der Waals surface area contributed by atoms with Gasteiger partial charge in [-0.1, -0.05) is 19.9 Å². The van der Waals surface area contributed by atoms with E-state index in [1.165, 1.54) is 18.5 Å². The van der Waals surface area contributed by atoms with Crippen LogP contribution in [-0.4, -0.2) is 58.3 Å². The number of nitrogens with two attached hydrogens (primary N) is 1. The lowest BCUT2D eigenvalue weighted by Gasteiger charge is -2.39. The second-order valence-electron chi connectivity index (χ2n) is 8.69. The molecule has 0 aliphatic heterocycles. The molecule has 1 aromatic carbocycles. The number of carbonyl (C=O) groups is 2. The van der Waals surface area contributed by atoms with Gasteiger partial charge < -0.3 is 10.8 Å². The summed E-state index contributed by atoms with van der Waals surface area (Å²) in [7, 11) is -4.70. The van der Waals surface area contributed by atoms with Crippen LogP contribution in [0.2, 0.25) is 0 Å². The van der Waals surface area contributed by atoms with Crippen LogP contribution in [0.5, 0.6) is 0 Å². The molecular weight excluding hydrogens is 488 g/mol. The van der Waals surface area contributed by atoms with Gasteiger partial charge in [-0.25, -0.2) is 9.59 Å². The van der Waals surface area contributed by atoms with Crippen LogP contribution in [-0.2, 0) is 19.6 Å². The first-order valence-corrected chi connectivity index (χ1v) is 12.8. The van der Waals surface area contributed by atoms with E-state index in [2.05, 4.69) is 4.98 Å². The molecule has 36 heavy (non-hydrogen) atoms. The van der Waals surface area contributed by atoms with Crippen molar-refractivity contribution in [3.63, 3.8) is 0 Å². The van der Waals surface area contributed by atoms with E-state index >= 15 is 0 Å². The monoisotopic (exact) mass is 519 g/mol. The van der Waals surface area contributed by atoms with Crippen LogP contribution >= 0.6 is 0 Å². The summed E-state index contributed by atoms with van der Waals surface area (Å²) in [4.78, 5) is 40.3. The number of hydrogen-bond acceptors (Lipinski definition) is 8. The minimum Gasteiger partial charge on any atom is -0.477 e. The van der Waals surface area contributed by atoms with Crippen molar-refractivity contribution < 1.29 is 31.9 Å². The zero-order valence-electron chi connectivity index (χ0n) is 20.2. The fourth-order valence-electron chi connectivity index (χ4n) is 3.99. The lowest BCUT2D eigenvalue weighted by atomic mass is 10.1. The minimum atomic E-state index is -4.70. The molecule has 0 saturated heterocycles. The number of nitro groups is 1. The predicted octanol–water partition coefficient (Wildman–Crippen LogP) is 2.97. The number of carbonyl (C=O) groups excluding carboxylic acids is 1. The molecule has 0 aliphatic rings. The molecule has 0 spiro atoms. The number of pyridine rings is 1. The van der Waals surface area contributed by atoms with Gasteiger partial charge in [0, 0.05) is 42.9 Å². The number of sulfonamides is 1. The van der Waals surface area contributed by atoms with Crippen LogP contribution in [0.3, 0.4) is 0 Å². The molecule has 2 rings (SSSR count). The minimum absolute atomic E-state index is 0.113. The number of aromatic nitrogens is 1. The maximum Gasteiger partial charge on any atom is 0.364 e.